The first-order valence-corrected chi connectivity index (χ1v) is 6.58. The second-order valence-corrected chi connectivity index (χ2v) is 5.23. The number of likely N-dealkylation sites (tertiary alicyclic amines) is 2. The standard InChI is InChI=1S/C12H20N4O3/c1-15-6-4-9(10(15)17)11(18)16-5-2-3-8(7-16)14-12(13)19/h8-9H,2-7H2,1H3,(H3,13,14,19)/t8-,9?/m1/s1. The van der Waals surface area contributed by atoms with Crippen LogP contribution in [0.1, 0.15) is 19.3 Å². The van der Waals surface area contributed by atoms with E-state index in [9.17, 15) is 14.4 Å². The topological polar surface area (TPSA) is 95.7 Å². The Morgan fingerprint density at radius 1 is 1.32 bits per heavy atom. The van der Waals surface area contributed by atoms with E-state index in [-0.39, 0.29) is 17.9 Å². The van der Waals surface area contributed by atoms with Crippen molar-refractivity contribution in [2.24, 2.45) is 11.7 Å². The summed E-state index contributed by atoms with van der Waals surface area (Å²) in [6, 6.07) is -0.680. The van der Waals surface area contributed by atoms with Crippen LogP contribution in [0.15, 0.2) is 0 Å². The number of nitrogens with zero attached hydrogens (tertiary/aromatic N) is 2. The van der Waals surface area contributed by atoms with Gasteiger partial charge in [-0.1, -0.05) is 0 Å². The Bertz CT molecular complexity index is 398. The van der Waals surface area contributed by atoms with Crippen molar-refractivity contribution in [3.05, 3.63) is 0 Å². The van der Waals surface area contributed by atoms with Gasteiger partial charge in [-0.05, 0) is 19.3 Å². The van der Waals surface area contributed by atoms with E-state index in [1.54, 1.807) is 16.8 Å². The van der Waals surface area contributed by atoms with Crippen molar-refractivity contribution in [1.29, 1.82) is 0 Å². The fraction of sp³-hybridized carbons (Fsp3) is 0.750. The van der Waals surface area contributed by atoms with Crippen molar-refractivity contribution in [3.8, 4) is 0 Å². The SMILES string of the molecule is CN1CCC(C(=O)N2CCC[C@@H](NC(N)=O)C2)C1=O. The highest BCUT2D eigenvalue weighted by Gasteiger charge is 2.38. The molecule has 7 heteroatoms. The van der Waals surface area contributed by atoms with E-state index < -0.39 is 11.9 Å². The van der Waals surface area contributed by atoms with Crippen molar-refractivity contribution < 1.29 is 14.4 Å². The van der Waals surface area contributed by atoms with Gasteiger partial charge in [-0.2, -0.15) is 0 Å². The lowest BCUT2D eigenvalue weighted by atomic mass is 10.0. The molecule has 2 saturated heterocycles. The van der Waals surface area contributed by atoms with E-state index in [0.717, 1.165) is 12.8 Å². The van der Waals surface area contributed by atoms with Crippen LogP contribution in [0.2, 0.25) is 0 Å². The Morgan fingerprint density at radius 3 is 2.63 bits per heavy atom. The predicted octanol–water partition coefficient (Wildman–Crippen LogP) is -0.876. The molecule has 2 rings (SSSR count). The van der Waals surface area contributed by atoms with Gasteiger partial charge >= 0.3 is 6.03 Å². The van der Waals surface area contributed by atoms with Gasteiger partial charge in [0.25, 0.3) is 0 Å². The number of piperidine rings is 1. The Labute approximate surface area is 112 Å². The van der Waals surface area contributed by atoms with E-state index in [1.165, 1.54) is 0 Å². The fourth-order valence-electron chi connectivity index (χ4n) is 2.77. The van der Waals surface area contributed by atoms with Gasteiger partial charge < -0.3 is 20.9 Å². The second-order valence-electron chi connectivity index (χ2n) is 5.23. The normalized spacial score (nSPS) is 27.5. The number of hydrogen-bond donors (Lipinski definition) is 2. The number of nitrogens with one attached hydrogen (secondary N) is 1. The Hall–Kier alpha value is -1.79. The number of nitrogens with two attached hydrogens (primary N) is 1. The third-order valence-electron chi connectivity index (χ3n) is 3.81. The fourth-order valence-corrected chi connectivity index (χ4v) is 2.77. The highest BCUT2D eigenvalue weighted by Crippen LogP contribution is 2.21. The lowest BCUT2D eigenvalue weighted by molar-refractivity contribution is -0.143. The highest BCUT2D eigenvalue weighted by atomic mass is 16.2. The number of carbonyl (C=O) groups excluding carboxylic acids is 3. The Morgan fingerprint density at radius 2 is 2.05 bits per heavy atom. The first kappa shape index (κ1) is 13.6. The second kappa shape index (κ2) is 5.46. The first-order valence-electron chi connectivity index (χ1n) is 6.58. The largest absolute Gasteiger partial charge is 0.352 e. The predicted molar refractivity (Wildman–Crippen MR) is 68.1 cm³/mol. The molecule has 0 aliphatic carbocycles. The zero-order valence-corrected chi connectivity index (χ0v) is 11.1. The summed E-state index contributed by atoms with van der Waals surface area (Å²) in [5.74, 6) is -0.766. The molecule has 0 aromatic rings. The summed E-state index contributed by atoms with van der Waals surface area (Å²) in [5, 5.41) is 2.63. The van der Waals surface area contributed by atoms with Crippen LogP contribution in [0.4, 0.5) is 4.79 Å². The van der Waals surface area contributed by atoms with Crippen LogP contribution in [-0.4, -0.2) is 60.4 Å². The third kappa shape index (κ3) is 2.97. The van der Waals surface area contributed by atoms with Crippen molar-refractivity contribution >= 4 is 17.8 Å². The maximum absolute atomic E-state index is 12.3. The van der Waals surface area contributed by atoms with Crippen molar-refractivity contribution in [2.45, 2.75) is 25.3 Å². The number of primary amides is 1. The minimum atomic E-state index is -0.573. The van der Waals surface area contributed by atoms with E-state index in [2.05, 4.69) is 5.32 Å². The van der Waals surface area contributed by atoms with E-state index in [0.29, 0.717) is 26.1 Å². The average Bonchev–Trinajstić information content (AvgIpc) is 2.69. The Balaban J connectivity index is 1.95. The molecule has 106 valence electrons. The lowest BCUT2D eigenvalue weighted by Crippen LogP contribution is -2.52. The molecule has 0 aromatic heterocycles. The summed E-state index contributed by atoms with van der Waals surface area (Å²) in [7, 11) is 1.71. The quantitative estimate of drug-likeness (QED) is 0.637. The molecular formula is C12H20N4O3. The molecule has 2 atom stereocenters. The summed E-state index contributed by atoms with van der Waals surface area (Å²) in [6.45, 7) is 1.71. The molecule has 0 spiro atoms. The molecule has 2 fully saturated rings. The molecule has 0 aromatic carbocycles. The van der Waals surface area contributed by atoms with Gasteiger partial charge in [0, 0.05) is 32.7 Å². The number of urea groups is 1. The monoisotopic (exact) mass is 268 g/mol. The van der Waals surface area contributed by atoms with Crippen LogP contribution in [-0.2, 0) is 9.59 Å². The maximum atomic E-state index is 12.3. The van der Waals surface area contributed by atoms with Crippen LogP contribution >= 0.6 is 0 Å². The van der Waals surface area contributed by atoms with Gasteiger partial charge in [0.05, 0.1) is 0 Å². The zero-order chi connectivity index (χ0) is 14.0. The molecule has 7 nitrogen and oxygen atoms in total. The van der Waals surface area contributed by atoms with E-state index in [4.69, 9.17) is 5.73 Å². The minimum absolute atomic E-state index is 0.102. The van der Waals surface area contributed by atoms with E-state index in [1.807, 2.05) is 0 Å². The molecular weight excluding hydrogens is 248 g/mol. The highest BCUT2D eigenvalue weighted by molar-refractivity contribution is 6.01. The van der Waals surface area contributed by atoms with Gasteiger partial charge in [0.1, 0.15) is 5.92 Å². The number of carbonyl (C=O) groups is 3. The van der Waals surface area contributed by atoms with Gasteiger partial charge in [0.2, 0.25) is 11.8 Å². The summed E-state index contributed by atoms with van der Waals surface area (Å²) in [6.07, 6.45) is 2.21. The zero-order valence-electron chi connectivity index (χ0n) is 11.1. The number of rotatable bonds is 2. The number of amides is 4. The van der Waals surface area contributed by atoms with Crippen LogP contribution < -0.4 is 11.1 Å². The summed E-state index contributed by atoms with van der Waals surface area (Å²) < 4.78 is 0. The Kier molecular flexibility index (Phi) is 3.92. The maximum Gasteiger partial charge on any atom is 0.312 e. The minimum Gasteiger partial charge on any atom is -0.352 e. The van der Waals surface area contributed by atoms with Crippen LogP contribution in [0, 0.1) is 5.92 Å². The summed E-state index contributed by atoms with van der Waals surface area (Å²) in [4.78, 5) is 38.3. The molecule has 19 heavy (non-hydrogen) atoms. The molecule has 4 amide bonds. The molecule has 2 aliphatic rings. The van der Waals surface area contributed by atoms with E-state index >= 15 is 0 Å². The van der Waals surface area contributed by atoms with Gasteiger partial charge in [-0.3, -0.25) is 9.59 Å². The molecule has 1 unspecified atom stereocenters. The molecule has 2 aliphatic heterocycles. The van der Waals surface area contributed by atoms with Gasteiger partial charge in [-0.15, -0.1) is 0 Å². The number of hydrogen-bond acceptors (Lipinski definition) is 3. The van der Waals surface area contributed by atoms with Crippen molar-refractivity contribution in [2.75, 3.05) is 26.7 Å². The van der Waals surface area contributed by atoms with Crippen molar-refractivity contribution in [3.63, 3.8) is 0 Å². The summed E-state index contributed by atoms with van der Waals surface area (Å²) >= 11 is 0. The van der Waals surface area contributed by atoms with Crippen LogP contribution in [0.5, 0.6) is 0 Å². The third-order valence-corrected chi connectivity index (χ3v) is 3.81. The first-order chi connectivity index (χ1) is 8.99. The molecule has 3 N–H and O–H groups in total. The van der Waals surface area contributed by atoms with Crippen molar-refractivity contribution in [1.82, 2.24) is 15.1 Å². The van der Waals surface area contributed by atoms with Crippen LogP contribution in [0.3, 0.4) is 0 Å². The molecule has 0 radical (unpaired) electrons. The lowest BCUT2D eigenvalue weighted by Gasteiger charge is -2.34. The van der Waals surface area contributed by atoms with Gasteiger partial charge in [-0.25, -0.2) is 4.79 Å². The summed E-state index contributed by atoms with van der Waals surface area (Å²) in [5.41, 5.74) is 5.09. The molecule has 2 heterocycles. The molecule has 0 bridgehead atoms. The molecule has 0 saturated carbocycles. The average molecular weight is 268 g/mol. The van der Waals surface area contributed by atoms with Gasteiger partial charge in [0.15, 0.2) is 0 Å². The smallest absolute Gasteiger partial charge is 0.312 e. The van der Waals surface area contributed by atoms with Crippen LogP contribution in [0.25, 0.3) is 0 Å².